The lowest BCUT2D eigenvalue weighted by atomic mass is 9.94. The second-order valence-electron chi connectivity index (χ2n) is 8.53. The Morgan fingerprint density at radius 2 is 1.46 bits per heavy atom. The molecule has 1 atom stereocenters. The molecule has 2 rings (SSSR count). The summed E-state index contributed by atoms with van der Waals surface area (Å²) in [6.07, 6.45) is 1.19. The average Bonchev–Trinajstić information content (AvgIpc) is 2.64. The van der Waals surface area contributed by atoms with E-state index >= 15 is 0 Å². The zero-order valence-electron chi connectivity index (χ0n) is 17.2. The van der Waals surface area contributed by atoms with Crippen molar-refractivity contribution >= 4 is 0 Å². The zero-order chi connectivity index (χ0) is 18.7. The van der Waals surface area contributed by atoms with E-state index in [1.165, 1.54) is 6.42 Å². The Balaban J connectivity index is 1.43. The van der Waals surface area contributed by atoms with Gasteiger partial charge >= 0.3 is 0 Å². The Labute approximate surface area is 160 Å². The van der Waals surface area contributed by atoms with Gasteiger partial charge in [-0.1, -0.05) is 20.8 Å². The largest absolute Gasteiger partial charge is 0.379 e. The fourth-order valence-electron chi connectivity index (χ4n) is 3.47. The van der Waals surface area contributed by atoms with E-state index < -0.39 is 0 Å². The van der Waals surface area contributed by atoms with Crippen LogP contribution in [-0.4, -0.2) is 102 Å². The molecule has 6 nitrogen and oxygen atoms in total. The van der Waals surface area contributed by atoms with Crippen molar-refractivity contribution in [3.05, 3.63) is 0 Å². The van der Waals surface area contributed by atoms with Gasteiger partial charge in [-0.05, 0) is 18.9 Å². The third-order valence-corrected chi connectivity index (χ3v) is 5.06. The highest BCUT2D eigenvalue weighted by molar-refractivity contribution is 4.75. The molecule has 0 radical (unpaired) electrons. The van der Waals surface area contributed by atoms with Crippen LogP contribution in [0.3, 0.4) is 0 Å². The van der Waals surface area contributed by atoms with E-state index in [1.807, 2.05) is 0 Å². The maximum Gasteiger partial charge on any atom is 0.0700 e. The Kier molecular flexibility index (Phi) is 10.4. The van der Waals surface area contributed by atoms with E-state index in [1.54, 1.807) is 0 Å². The topological polar surface area (TPSA) is 43.4 Å². The van der Waals surface area contributed by atoms with Crippen LogP contribution in [0.15, 0.2) is 0 Å². The van der Waals surface area contributed by atoms with E-state index in [0.29, 0.717) is 19.1 Å². The molecule has 2 heterocycles. The maximum atomic E-state index is 5.87. The van der Waals surface area contributed by atoms with E-state index in [0.717, 1.165) is 78.9 Å². The maximum absolute atomic E-state index is 5.87. The Morgan fingerprint density at radius 1 is 0.885 bits per heavy atom. The van der Waals surface area contributed by atoms with Crippen LogP contribution in [0.25, 0.3) is 0 Å². The molecule has 2 aliphatic heterocycles. The molecular weight excluding hydrogens is 332 g/mol. The predicted octanol–water partition coefficient (Wildman–Crippen LogP) is 1.74. The van der Waals surface area contributed by atoms with Crippen molar-refractivity contribution in [3.8, 4) is 0 Å². The molecule has 154 valence electrons. The monoisotopic (exact) mass is 372 g/mol. The van der Waals surface area contributed by atoms with Crippen LogP contribution in [0.5, 0.6) is 0 Å². The SMILES string of the molecule is CC(CCN1CCOCC1)COCCOCC(C)(C)CN1CCOCC1. The third kappa shape index (κ3) is 9.62. The Hall–Kier alpha value is -0.240. The molecule has 0 spiro atoms. The molecule has 0 aromatic rings. The molecule has 0 aliphatic carbocycles. The van der Waals surface area contributed by atoms with Gasteiger partial charge in [0.2, 0.25) is 0 Å². The van der Waals surface area contributed by atoms with Crippen LogP contribution in [-0.2, 0) is 18.9 Å². The van der Waals surface area contributed by atoms with Gasteiger partial charge < -0.3 is 18.9 Å². The second kappa shape index (κ2) is 12.3. The average molecular weight is 373 g/mol. The molecule has 2 aliphatic rings. The minimum atomic E-state index is 0.169. The highest BCUT2D eigenvalue weighted by Gasteiger charge is 2.23. The molecule has 2 saturated heterocycles. The quantitative estimate of drug-likeness (QED) is 0.486. The molecule has 2 fully saturated rings. The molecule has 0 saturated carbocycles. The van der Waals surface area contributed by atoms with Crippen molar-refractivity contribution in [1.82, 2.24) is 9.80 Å². The van der Waals surface area contributed by atoms with Crippen molar-refractivity contribution in [2.45, 2.75) is 27.2 Å². The normalized spacial score (nSPS) is 21.8. The number of morpholine rings is 2. The molecule has 1 unspecified atom stereocenters. The first-order chi connectivity index (χ1) is 12.6. The summed E-state index contributed by atoms with van der Waals surface area (Å²) in [5, 5.41) is 0. The number of nitrogens with zero attached hydrogens (tertiary/aromatic N) is 2. The van der Waals surface area contributed by atoms with Crippen molar-refractivity contribution in [2.24, 2.45) is 11.3 Å². The summed E-state index contributed by atoms with van der Waals surface area (Å²) in [6, 6.07) is 0. The molecule has 0 N–H and O–H groups in total. The van der Waals surface area contributed by atoms with Crippen LogP contribution in [0.2, 0.25) is 0 Å². The molecule has 0 aromatic carbocycles. The lowest BCUT2D eigenvalue weighted by Gasteiger charge is -2.34. The number of rotatable bonds is 12. The lowest BCUT2D eigenvalue weighted by molar-refractivity contribution is -0.0200. The number of hydrogen-bond acceptors (Lipinski definition) is 6. The van der Waals surface area contributed by atoms with Crippen molar-refractivity contribution in [3.63, 3.8) is 0 Å². The number of hydrogen-bond donors (Lipinski definition) is 0. The smallest absolute Gasteiger partial charge is 0.0700 e. The van der Waals surface area contributed by atoms with Crippen molar-refractivity contribution in [2.75, 3.05) is 92.1 Å². The first-order valence-corrected chi connectivity index (χ1v) is 10.3. The van der Waals surface area contributed by atoms with Gasteiger partial charge in [0.25, 0.3) is 0 Å². The fraction of sp³-hybridized carbons (Fsp3) is 1.00. The highest BCUT2D eigenvalue weighted by Crippen LogP contribution is 2.18. The summed E-state index contributed by atoms with van der Waals surface area (Å²) in [4.78, 5) is 4.96. The summed E-state index contributed by atoms with van der Waals surface area (Å²) in [6.45, 7) is 19.7. The Morgan fingerprint density at radius 3 is 2.12 bits per heavy atom. The van der Waals surface area contributed by atoms with Crippen LogP contribution < -0.4 is 0 Å². The lowest BCUT2D eigenvalue weighted by Crippen LogP contribution is -2.43. The van der Waals surface area contributed by atoms with Crippen LogP contribution >= 0.6 is 0 Å². The van der Waals surface area contributed by atoms with Gasteiger partial charge in [0.15, 0.2) is 0 Å². The van der Waals surface area contributed by atoms with E-state index in [-0.39, 0.29) is 5.41 Å². The standard InChI is InChI=1S/C20H40N2O4/c1-19(4-5-21-6-10-23-11-7-21)16-25-14-15-26-18-20(2,3)17-22-8-12-24-13-9-22/h19H,4-18H2,1-3H3. The first kappa shape index (κ1) is 22.1. The van der Waals surface area contributed by atoms with Gasteiger partial charge in [-0.2, -0.15) is 0 Å². The summed E-state index contributed by atoms with van der Waals surface area (Å²) in [5.41, 5.74) is 0.169. The van der Waals surface area contributed by atoms with Gasteiger partial charge in [0.1, 0.15) is 0 Å². The van der Waals surface area contributed by atoms with Crippen molar-refractivity contribution < 1.29 is 18.9 Å². The molecule has 6 heteroatoms. The second-order valence-corrected chi connectivity index (χ2v) is 8.53. The predicted molar refractivity (Wildman–Crippen MR) is 104 cm³/mol. The molecular formula is C20H40N2O4. The van der Waals surface area contributed by atoms with Gasteiger partial charge in [0.05, 0.1) is 46.2 Å². The minimum Gasteiger partial charge on any atom is -0.379 e. The van der Waals surface area contributed by atoms with Crippen LogP contribution in [0, 0.1) is 11.3 Å². The Bertz CT molecular complexity index is 356. The fourth-order valence-corrected chi connectivity index (χ4v) is 3.47. The summed E-state index contributed by atoms with van der Waals surface area (Å²) >= 11 is 0. The van der Waals surface area contributed by atoms with Crippen molar-refractivity contribution in [1.29, 1.82) is 0 Å². The van der Waals surface area contributed by atoms with Gasteiger partial charge in [0, 0.05) is 44.7 Å². The molecule has 26 heavy (non-hydrogen) atoms. The number of ether oxygens (including phenoxy) is 4. The van der Waals surface area contributed by atoms with Crippen LogP contribution in [0.1, 0.15) is 27.2 Å². The van der Waals surface area contributed by atoms with E-state index in [9.17, 15) is 0 Å². The molecule has 0 bridgehead atoms. The van der Waals surface area contributed by atoms with Gasteiger partial charge in [-0.3, -0.25) is 9.80 Å². The summed E-state index contributed by atoms with van der Waals surface area (Å²) in [5.74, 6) is 0.593. The summed E-state index contributed by atoms with van der Waals surface area (Å²) < 4.78 is 22.5. The highest BCUT2D eigenvalue weighted by atomic mass is 16.5. The first-order valence-electron chi connectivity index (χ1n) is 10.3. The zero-order valence-corrected chi connectivity index (χ0v) is 17.2. The minimum absolute atomic E-state index is 0.169. The van der Waals surface area contributed by atoms with Gasteiger partial charge in [-0.25, -0.2) is 0 Å². The van der Waals surface area contributed by atoms with E-state index in [4.69, 9.17) is 18.9 Å². The molecule has 0 amide bonds. The third-order valence-electron chi connectivity index (χ3n) is 5.06. The van der Waals surface area contributed by atoms with Crippen LogP contribution in [0.4, 0.5) is 0 Å². The van der Waals surface area contributed by atoms with Gasteiger partial charge in [-0.15, -0.1) is 0 Å². The van der Waals surface area contributed by atoms with E-state index in [2.05, 4.69) is 30.6 Å². The molecule has 0 aromatic heterocycles. The summed E-state index contributed by atoms with van der Waals surface area (Å²) in [7, 11) is 0.